The number of aromatic nitrogens is 1. The topological polar surface area (TPSA) is 48.1 Å². The summed E-state index contributed by atoms with van der Waals surface area (Å²) in [6, 6.07) is 19.5. The smallest absolute Gasteiger partial charge is 0.238 e. The zero-order valence-corrected chi connectivity index (χ0v) is 11.9. The minimum absolute atomic E-state index is 0.346. The monoisotopic (exact) mass is 296 g/mol. The van der Waals surface area contributed by atoms with Crippen LogP contribution in [0.25, 0.3) is 11.1 Å². The minimum atomic E-state index is 0.346. The Morgan fingerprint density at radius 3 is 2.24 bits per heavy atom. The number of halogens is 1. The second kappa shape index (κ2) is 5.85. The summed E-state index contributed by atoms with van der Waals surface area (Å²) in [5, 5.41) is 0.391. The van der Waals surface area contributed by atoms with Crippen molar-refractivity contribution in [1.82, 2.24) is 4.98 Å². The van der Waals surface area contributed by atoms with Crippen molar-refractivity contribution in [2.45, 2.75) is 0 Å². The lowest BCUT2D eigenvalue weighted by Gasteiger charge is -2.08. The Labute approximate surface area is 128 Å². The first kappa shape index (κ1) is 13.5. The molecule has 21 heavy (non-hydrogen) atoms. The summed E-state index contributed by atoms with van der Waals surface area (Å²) in [5.74, 6) is 1.02. The molecule has 0 radical (unpaired) electrons. The summed E-state index contributed by atoms with van der Waals surface area (Å²) >= 11 is 6.04. The van der Waals surface area contributed by atoms with Gasteiger partial charge in [-0.1, -0.05) is 54.1 Å². The van der Waals surface area contributed by atoms with Gasteiger partial charge >= 0.3 is 0 Å². The second-order valence-electron chi connectivity index (χ2n) is 4.55. The second-order valence-corrected chi connectivity index (χ2v) is 4.96. The standard InChI is InChI=1S/C17H13ClN2O/c18-16-10-14(19)11-20-17(16)21-15-8-6-13(7-9-15)12-4-2-1-3-5-12/h1-11H,19H2. The minimum Gasteiger partial charge on any atom is -0.438 e. The molecule has 1 heterocycles. The number of rotatable bonds is 3. The van der Waals surface area contributed by atoms with E-state index < -0.39 is 0 Å². The molecule has 3 rings (SSSR count). The molecule has 0 saturated heterocycles. The van der Waals surface area contributed by atoms with Gasteiger partial charge in [-0.05, 0) is 29.3 Å². The number of nitrogens with two attached hydrogens (primary N) is 1. The maximum Gasteiger partial charge on any atom is 0.238 e. The molecular formula is C17H13ClN2O. The number of anilines is 1. The summed E-state index contributed by atoms with van der Waals surface area (Å²) in [7, 11) is 0. The molecule has 2 N–H and O–H groups in total. The number of ether oxygens (including phenoxy) is 1. The van der Waals surface area contributed by atoms with Crippen molar-refractivity contribution in [2.75, 3.05) is 5.73 Å². The average Bonchev–Trinajstić information content (AvgIpc) is 2.52. The molecule has 0 aliphatic rings. The molecule has 3 nitrogen and oxygen atoms in total. The first-order chi connectivity index (χ1) is 10.2. The highest BCUT2D eigenvalue weighted by atomic mass is 35.5. The molecule has 0 unspecified atom stereocenters. The highest BCUT2D eigenvalue weighted by Crippen LogP contribution is 2.29. The number of nitrogens with zero attached hydrogens (tertiary/aromatic N) is 1. The van der Waals surface area contributed by atoms with Crippen LogP contribution >= 0.6 is 11.6 Å². The van der Waals surface area contributed by atoms with Crippen molar-refractivity contribution in [2.24, 2.45) is 0 Å². The molecule has 0 spiro atoms. The first-order valence-corrected chi connectivity index (χ1v) is 6.84. The van der Waals surface area contributed by atoms with Gasteiger partial charge in [-0.25, -0.2) is 4.98 Å². The Balaban J connectivity index is 1.81. The zero-order valence-electron chi connectivity index (χ0n) is 11.2. The molecule has 0 aliphatic heterocycles. The molecule has 0 bridgehead atoms. The lowest BCUT2D eigenvalue weighted by molar-refractivity contribution is 0.463. The molecular weight excluding hydrogens is 284 g/mol. The molecule has 104 valence electrons. The fraction of sp³-hybridized carbons (Fsp3) is 0. The van der Waals surface area contributed by atoms with Crippen LogP contribution in [0.1, 0.15) is 0 Å². The lowest BCUT2D eigenvalue weighted by atomic mass is 10.1. The third-order valence-electron chi connectivity index (χ3n) is 3.00. The molecule has 0 amide bonds. The number of pyridine rings is 1. The highest BCUT2D eigenvalue weighted by Gasteiger charge is 2.05. The summed E-state index contributed by atoms with van der Waals surface area (Å²) in [6.07, 6.45) is 1.51. The van der Waals surface area contributed by atoms with E-state index in [1.54, 1.807) is 6.07 Å². The van der Waals surface area contributed by atoms with Crippen LogP contribution in [0.15, 0.2) is 66.9 Å². The van der Waals surface area contributed by atoms with Gasteiger partial charge in [0.05, 0.1) is 11.9 Å². The van der Waals surface area contributed by atoms with Gasteiger partial charge in [0.15, 0.2) is 0 Å². The third kappa shape index (κ3) is 3.15. The van der Waals surface area contributed by atoms with Crippen molar-refractivity contribution in [3.63, 3.8) is 0 Å². The lowest BCUT2D eigenvalue weighted by Crippen LogP contribution is -1.92. The number of hydrogen-bond acceptors (Lipinski definition) is 3. The van der Waals surface area contributed by atoms with Crippen LogP contribution in [-0.2, 0) is 0 Å². The molecule has 0 atom stereocenters. The molecule has 2 aromatic carbocycles. The Kier molecular flexibility index (Phi) is 3.75. The van der Waals surface area contributed by atoms with E-state index >= 15 is 0 Å². The fourth-order valence-electron chi connectivity index (χ4n) is 1.97. The average molecular weight is 297 g/mol. The predicted octanol–water partition coefficient (Wildman–Crippen LogP) is 4.78. The largest absolute Gasteiger partial charge is 0.438 e. The maximum absolute atomic E-state index is 6.04. The van der Waals surface area contributed by atoms with Crippen LogP contribution in [0.5, 0.6) is 11.6 Å². The van der Waals surface area contributed by atoms with E-state index in [0.717, 1.165) is 11.1 Å². The van der Waals surface area contributed by atoms with E-state index in [4.69, 9.17) is 22.1 Å². The number of hydrogen-bond donors (Lipinski definition) is 1. The predicted molar refractivity (Wildman–Crippen MR) is 85.6 cm³/mol. The maximum atomic E-state index is 6.04. The van der Waals surface area contributed by atoms with Gasteiger partial charge in [0.1, 0.15) is 10.8 Å². The van der Waals surface area contributed by atoms with E-state index in [2.05, 4.69) is 17.1 Å². The van der Waals surface area contributed by atoms with Crippen molar-refractivity contribution >= 4 is 17.3 Å². The Morgan fingerprint density at radius 1 is 0.905 bits per heavy atom. The molecule has 0 fully saturated rings. The number of benzene rings is 2. The van der Waals surface area contributed by atoms with Gasteiger partial charge in [-0.15, -0.1) is 0 Å². The summed E-state index contributed by atoms with van der Waals surface area (Å²) < 4.78 is 5.66. The molecule has 3 aromatic rings. The van der Waals surface area contributed by atoms with E-state index in [-0.39, 0.29) is 0 Å². The van der Waals surface area contributed by atoms with Gasteiger partial charge in [-0.2, -0.15) is 0 Å². The zero-order chi connectivity index (χ0) is 14.7. The Bertz CT molecular complexity index is 742. The summed E-state index contributed by atoms with van der Waals surface area (Å²) in [6.45, 7) is 0. The third-order valence-corrected chi connectivity index (χ3v) is 3.28. The van der Waals surface area contributed by atoms with E-state index in [9.17, 15) is 0 Å². The highest BCUT2D eigenvalue weighted by molar-refractivity contribution is 6.32. The molecule has 1 aromatic heterocycles. The van der Waals surface area contributed by atoms with Crippen LogP contribution in [0.3, 0.4) is 0 Å². The van der Waals surface area contributed by atoms with Crippen LogP contribution in [0.4, 0.5) is 5.69 Å². The Morgan fingerprint density at radius 2 is 1.57 bits per heavy atom. The first-order valence-electron chi connectivity index (χ1n) is 6.47. The van der Waals surface area contributed by atoms with Crippen LogP contribution in [0.2, 0.25) is 5.02 Å². The van der Waals surface area contributed by atoms with Crippen molar-refractivity contribution < 1.29 is 4.74 Å². The van der Waals surface area contributed by atoms with Gasteiger partial charge < -0.3 is 10.5 Å². The normalized spacial score (nSPS) is 10.3. The van der Waals surface area contributed by atoms with Crippen LogP contribution in [-0.4, -0.2) is 4.98 Å². The van der Waals surface area contributed by atoms with Gasteiger partial charge in [0.25, 0.3) is 0 Å². The fourth-order valence-corrected chi connectivity index (χ4v) is 2.19. The molecule has 4 heteroatoms. The van der Waals surface area contributed by atoms with E-state index in [0.29, 0.717) is 22.3 Å². The molecule has 0 saturated carbocycles. The van der Waals surface area contributed by atoms with Crippen molar-refractivity contribution in [3.05, 3.63) is 71.9 Å². The summed E-state index contributed by atoms with van der Waals surface area (Å²) in [4.78, 5) is 4.07. The van der Waals surface area contributed by atoms with E-state index in [1.807, 2.05) is 42.5 Å². The van der Waals surface area contributed by atoms with Gasteiger partial charge in [0.2, 0.25) is 5.88 Å². The number of nitrogen functional groups attached to an aromatic ring is 1. The summed E-state index contributed by atoms with van der Waals surface area (Å²) in [5.41, 5.74) is 8.39. The SMILES string of the molecule is Nc1cnc(Oc2ccc(-c3ccccc3)cc2)c(Cl)c1. The van der Waals surface area contributed by atoms with E-state index in [1.165, 1.54) is 6.20 Å². The quantitative estimate of drug-likeness (QED) is 0.757. The molecule has 0 aliphatic carbocycles. The Hall–Kier alpha value is -2.52. The van der Waals surface area contributed by atoms with Gasteiger partial charge in [-0.3, -0.25) is 0 Å². The van der Waals surface area contributed by atoms with Crippen molar-refractivity contribution in [1.29, 1.82) is 0 Å². The van der Waals surface area contributed by atoms with Gasteiger partial charge in [0, 0.05) is 0 Å². The van der Waals surface area contributed by atoms with Crippen LogP contribution in [0, 0.1) is 0 Å². The van der Waals surface area contributed by atoms with Crippen LogP contribution < -0.4 is 10.5 Å². The van der Waals surface area contributed by atoms with Crippen molar-refractivity contribution in [3.8, 4) is 22.8 Å².